The van der Waals surface area contributed by atoms with Crippen LogP contribution in [0.15, 0.2) is 49.0 Å². The predicted molar refractivity (Wildman–Crippen MR) is 140 cm³/mol. The fourth-order valence-corrected chi connectivity index (χ4v) is 5.39. The summed E-state index contributed by atoms with van der Waals surface area (Å²) in [5.74, 6) is 0.118. The SMILES string of the molecule is C=CC(=O)NC1CCCC1NC(=O)c1sc2nccc3c2c1NC(=O)N3C1=CC=CCN1.COS. The Labute approximate surface area is 212 Å². The number of pyridine rings is 1. The number of anilines is 2. The van der Waals surface area contributed by atoms with Crippen molar-refractivity contribution in [1.82, 2.24) is 20.9 Å². The Morgan fingerprint density at radius 2 is 2.09 bits per heavy atom. The third-order valence-corrected chi connectivity index (χ3v) is 6.93. The summed E-state index contributed by atoms with van der Waals surface area (Å²) in [6, 6.07) is 1.10. The molecule has 1 aliphatic carbocycles. The zero-order valence-electron chi connectivity index (χ0n) is 19.0. The molecule has 0 spiro atoms. The van der Waals surface area contributed by atoms with Gasteiger partial charge in [0.1, 0.15) is 15.5 Å². The summed E-state index contributed by atoms with van der Waals surface area (Å²) in [5, 5.41) is 12.7. The smallest absolute Gasteiger partial charge is 0.332 e. The average molecular weight is 515 g/mol. The van der Waals surface area contributed by atoms with Crippen LogP contribution in [0.25, 0.3) is 10.2 Å². The number of thiophene rings is 1. The van der Waals surface area contributed by atoms with Gasteiger partial charge in [0.2, 0.25) is 5.91 Å². The molecular formula is C23H26N6O4S2. The van der Waals surface area contributed by atoms with E-state index < -0.39 is 0 Å². The van der Waals surface area contributed by atoms with E-state index in [1.165, 1.54) is 24.5 Å². The van der Waals surface area contributed by atoms with Gasteiger partial charge in [-0.3, -0.25) is 9.59 Å². The molecule has 12 heteroatoms. The third kappa shape index (κ3) is 5.04. The molecular weight excluding hydrogens is 488 g/mol. The molecule has 1 fully saturated rings. The topological polar surface area (TPSA) is 125 Å². The van der Waals surface area contributed by atoms with Crippen LogP contribution in [0.5, 0.6) is 0 Å². The second-order valence-electron chi connectivity index (χ2n) is 7.96. The Hall–Kier alpha value is -3.35. The number of amides is 4. The van der Waals surface area contributed by atoms with Gasteiger partial charge < -0.3 is 25.5 Å². The number of dihydropyridines is 1. The zero-order chi connectivity index (χ0) is 24.9. The Balaban J connectivity index is 0.000000917. The summed E-state index contributed by atoms with van der Waals surface area (Å²) in [4.78, 5) is 45.0. The predicted octanol–water partition coefficient (Wildman–Crippen LogP) is 3.08. The molecule has 0 bridgehead atoms. The summed E-state index contributed by atoms with van der Waals surface area (Å²) in [7, 11) is 1.49. The molecule has 1 saturated carbocycles. The van der Waals surface area contributed by atoms with Crippen LogP contribution in [-0.2, 0) is 8.98 Å². The Kier molecular flexibility index (Phi) is 7.73. The maximum atomic E-state index is 13.2. The number of aromatic nitrogens is 1. The van der Waals surface area contributed by atoms with E-state index in [1.54, 1.807) is 17.2 Å². The lowest BCUT2D eigenvalue weighted by Crippen LogP contribution is -2.48. The molecule has 2 unspecified atom stereocenters. The molecule has 4 amide bonds. The molecule has 3 aliphatic rings. The van der Waals surface area contributed by atoms with E-state index >= 15 is 0 Å². The van der Waals surface area contributed by atoms with Gasteiger partial charge in [0, 0.05) is 31.9 Å². The van der Waals surface area contributed by atoms with Crippen molar-refractivity contribution in [2.75, 3.05) is 23.9 Å². The number of rotatable bonds is 5. The highest BCUT2D eigenvalue weighted by atomic mass is 32.1. The van der Waals surface area contributed by atoms with Crippen molar-refractivity contribution in [3.05, 3.63) is 53.8 Å². The summed E-state index contributed by atoms with van der Waals surface area (Å²) in [6.45, 7) is 4.11. The normalized spacial score (nSPS) is 20.2. The Morgan fingerprint density at radius 1 is 1.34 bits per heavy atom. The van der Waals surface area contributed by atoms with Gasteiger partial charge in [-0.05, 0) is 50.4 Å². The Bertz CT molecular complexity index is 1220. The Morgan fingerprint density at radius 3 is 2.77 bits per heavy atom. The number of nitrogens with one attached hydrogen (secondary N) is 4. The van der Waals surface area contributed by atoms with Crippen LogP contribution >= 0.6 is 24.2 Å². The first kappa shape index (κ1) is 24.8. The minimum absolute atomic E-state index is 0.147. The minimum Gasteiger partial charge on any atom is -0.368 e. The van der Waals surface area contributed by atoms with Crippen molar-refractivity contribution < 1.29 is 18.6 Å². The van der Waals surface area contributed by atoms with Gasteiger partial charge >= 0.3 is 6.03 Å². The molecule has 184 valence electrons. The molecule has 2 aromatic heterocycles. The van der Waals surface area contributed by atoms with Crippen molar-refractivity contribution >= 4 is 63.7 Å². The first-order chi connectivity index (χ1) is 17.0. The van der Waals surface area contributed by atoms with Gasteiger partial charge in [-0.15, -0.1) is 11.3 Å². The number of carbonyl (C=O) groups excluding carboxylic acids is 3. The molecule has 35 heavy (non-hydrogen) atoms. The first-order valence-corrected chi connectivity index (χ1v) is 12.2. The minimum atomic E-state index is -0.344. The van der Waals surface area contributed by atoms with Gasteiger partial charge in [0.25, 0.3) is 5.91 Å². The summed E-state index contributed by atoms with van der Waals surface area (Å²) < 4.78 is 3.94. The third-order valence-electron chi connectivity index (χ3n) is 5.83. The second-order valence-corrected chi connectivity index (χ2v) is 9.32. The lowest BCUT2D eigenvalue weighted by atomic mass is 10.1. The van der Waals surface area contributed by atoms with E-state index in [0.29, 0.717) is 33.4 Å². The van der Waals surface area contributed by atoms with Crippen LogP contribution in [-0.4, -0.2) is 48.6 Å². The quantitative estimate of drug-likeness (QED) is 0.237. The van der Waals surface area contributed by atoms with Gasteiger partial charge in [-0.1, -0.05) is 18.7 Å². The van der Waals surface area contributed by atoms with Crippen LogP contribution in [0.3, 0.4) is 0 Å². The first-order valence-electron chi connectivity index (χ1n) is 11.0. The van der Waals surface area contributed by atoms with Crippen molar-refractivity contribution in [2.24, 2.45) is 0 Å². The van der Waals surface area contributed by atoms with Crippen molar-refractivity contribution in [2.45, 2.75) is 31.3 Å². The van der Waals surface area contributed by atoms with Crippen molar-refractivity contribution in [1.29, 1.82) is 0 Å². The number of thiol groups is 1. The van der Waals surface area contributed by atoms with Crippen LogP contribution in [0.2, 0.25) is 0 Å². The molecule has 2 aromatic rings. The van der Waals surface area contributed by atoms with E-state index in [0.717, 1.165) is 24.6 Å². The summed E-state index contributed by atoms with van der Waals surface area (Å²) in [6.07, 6.45) is 11.0. The highest BCUT2D eigenvalue weighted by Crippen LogP contribution is 2.44. The lowest BCUT2D eigenvalue weighted by Gasteiger charge is -2.31. The second kappa shape index (κ2) is 10.9. The van der Waals surface area contributed by atoms with E-state index in [1.807, 2.05) is 18.2 Å². The molecule has 0 aromatic carbocycles. The van der Waals surface area contributed by atoms with Gasteiger partial charge in [0.15, 0.2) is 0 Å². The average Bonchev–Trinajstić information content (AvgIpc) is 3.45. The number of carbonyl (C=O) groups is 3. The van der Waals surface area contributed by atoms with Crippen LogP contribution in [0.4, 0.5) is 16.2 Å². The molecule has 2 atom stereocenters. The molecule has 10 nitrogen and oxygen atoms in total. The number of allylic oxidation sites excluding steroid dienone is 2. The molecule has 4 N–H and O–H groups in total. The molecule has 0 saturated heterocycles. The standard InChI is InChI=1S/C22H22N6O3S.CH4OS/c1-2-16(29)25-12-6-5-7-13(12)26-20(30)19-18-17-14(9-11-24-21(17)32-19)28(22(31)27-18)15-8-3-4-10-23-15;1-2-3/h2-4,8-9,11-13,23H,1,5-7,10H2,(H,25,29)(H,26,30)(H,27,31);3H,1H3. The van der Waals surface area contributed by atoms with E-state index in [-0.39, 0.29) is 29.9 Å². The summed E-state index contributed by atoms with van der Waals surface area (Å²) >= 11 is 4.53. The fraction of sp³-hybridized carbons (Fsp3) is 0.304. The molecule has 4 heterocycles. The zero-order valence-corrected chi connectivity index (χ0v) is 20.7. The number of hydrogen-bond donors (Lipinski definition) is 5. The van der Waals surface area contributed by atoms with E-state index in [4.69, 9.17) is 0 Å². The fourth-order valence-electron chi connectivity index (χ4n) is 4.37. The largest absolute Gasteiger partial charge is 0.368 e. The highest BCUT2D eigenvalue weighted by Gasteiger charge is 2.35. The molecule has 5 rings (SSSR count). The van der Waals surface area contributed by atoms with Gasteiger partial charge in [0.05, 0.1) is 16.8 Å². The maximum Gasteiger partial charge on any atom is 0.332 e. The monoisotopic (exact) mass is 514 g/mol. The molecule has 2 aliphatic heterocycles. The van der Waals surface area contributed by atoms with Crippen molar-refractivity contribution in [3.8, 4) is 0 Å². The maximum absolute atomic E-state index is 13.2. The van der Waals surface area contributed by atoms with Gasteiger partial charge in [-0.25, -0.2) is 14.7 Å². The summed E-state index contributed by atoms with van der Waals surface area (Å²) in [5.41, 5.74) is 1.15. The van der Waals surface area contributed by atoms with E-state index in [2.05, 4.69) is 49.9 Å². The van der Waals surface area contributed by atoms with Gasteiger partial charge in [-0.2, -0.15) is 0 Å². The number of nitrogens with zero attached hydrogens (tertiary/aromatic N) is 2. The van der Waals surface area contributed by atoms with Crippen LogP contribution < -0.4 is 26.2 Å². The highest BCUT2D eigenvalue weighted by molar-refractivity contribution is 7.75. The number of hydrogen-bond acceptors (Lipinski definition) is 8. The van der Waals surface area contributed by atoms with Crippen LogP contribution in [0, 0.1) is 0 Å². The van der Waals surface area contributed by atoms with Crippen LogP contribution in [0.1, 0.15) is 28.9 Å². The number of urea groups is 1. The lowest BCUT2D eigenvalue weighted by molar-refractivity contribution is -0.117. The molecule has 0 radical (unpaired) electrons. The van der Waals surface area contributed by atoms with Crippen molar-refractivity contribution in [3.63, 3.8) is 0 Å². The van der Waals surface area contributed by atoms with E-state index in [9.17, 15) is 14.4 Å².